The fourth-order valence-corrected chi connectivity index (χ4v) is 1.83. The van der Waals surface area contributed by atoms with Crippen LogP contribution in [-0.4, -0.2) is 29.6 Å². The topological polar surface area (TPSA) is 64.1 Å². The number of methoxy groups -OCH3 is 1. The molecule has 1 N–H and O–H groups in total. The van der Waals surface area contributed by atoms with Crippen molar-refractivity contribution < 1.29 is 9.53 Å². The zero-order valence-corrected chi connectivity index (χ0v) is 11.6. The van der Waals surface area contributed by atoms with Crippen molar-refractivity contribution in [3.8, 4) is 0 Å². The van der Waals surface area contributed by atoms with Crippen LogP contribution in [0.2, 0.25) is 0 Å². The minimum Gasteiger partial charge on any atom is -0.465 e. The number of benzene rings is 1. The van der Waals surface area contributed by atoms with Crippen LogP contribution in [0, 0.1) is 6.92 Å². The van der Waals surface area contributed by atoms with E-state index in [9.17, 15) is 4.79 Å². The molecule has 1 heterocycles. The molecular weight excluding hydrogens is 254 g/mol. The molecule has 1 aromatic carbocycles. The summed E-state index contributed by atoms with van der Waals surface area (Å²) >= 11 is 0. The first-order chi connectivity index (χ1) is 9.70. The number of rotatable bonds is 5. The fourth-order valence-electron chi connectivity index (χ4n) is 1.83. The summed E-state index contributed by atoms with van der Waals surface area (Å²) in [6, 6.07) is 10.2. The van der Waals surface area contributed by atoms with Crippen molar-refractivity contribution in [3.63, 3.8) is 0 Å². The SMILES string of the molecule is COC(=O)c1cnc(NCCc2ccccc2)nc1C. The maximum atomic E-state index is 11.4. The van der Waals surface area contributed by atoms with Gasteiger partial charge in [-0.25, -0.2) is 14.8 Å². The van der Waals surface area contributed by atoms with E-state index in [1.54, 1.807) is 6.92 Å². The predicted octanol–water partition coefficient (Wildman–Crippen LogP) is 2.23. The molecule has 0 bridgehead atoms. The third-order valence-electron chi connectivity index (χ3n) is 2.92. The Morgan fingerprint density at radius 2 is 2.05 bits per heavy atom. The number of esters is 1. The van der Waals surface area contributed by atoms with Crippen molar-refractivity contribution in [2.75, 3.05) is 19.0 Å². The number of ether oxygens (including phenoxy) is 1. The summed E-state index contributed by atoms with van der Waals surface area (Å²) in [6.07, 6.45) is 2.38. The number of carbonyl (C=O) groups is 1. The van der Waals surface area contributed by atoms with Gasteiger partial charge in [0.25, 0.3) is 0 Å². The number of anilines is 1. The highest BCUT2D eigenvalue weighted by atomic mass is 16.5. The van der Waals surface area contributed by atoms with Crippen LogP contribution in [0.3, 0.4) is 0 Å². The first-order valence-electron chi connectivity index (χ1n) is 6.40. The van der Waals surface area contributed by atoms with E-state index in [1.165, 1.54) is 18.9 Å². The van der Waals surface area contributed by atoms with Crippen LogP contribution in [0.15, 0.2) is 36.5 Å². The number of aromatic nitrogens is 2. The molecule has 0 radical (unpaired) electrons. The summed E-state index contributed by atoms with van der Waals surface area (Å²) in [6.45, 7) is 2.50. The molecule has 0 fully saturated rings. The first-order valence-corrected chi connectivity index (χ1v) is 6.40. The Morgan fingerprint density at radius 3 is 2.70 bits per heavy atom. The van der Waals surface area contributed by atoms with Crippen LogP contribution in [0.4, 0.5) is 5.95 Å². The van der Waals surface area contributed by atoms with Crippen molar-refractivity contribution in [2.45, 2.75) is 13.3 Å². The van der Waals surface area contributed by atoms with E-state index in [0.717, 1.165) is 13.0 Å². The van der Waals surface area contributed by atoms with E-state index in [0.29, 0.717) is 17.2 Å². The summed E-state index contributed by atoms with van der Waals surface area (Å²) in [7, 11) is 1.34. The highest BCUT2D eigenvalue weighted by Gasteiger charge is 2.11. The van der Waals surface area contributed by atoms with Crippen LogP contribution < -0.4 is 5.32 Å². The molecule has 0 unspecified atom stereocenters. The third-order valence-corrected chi connectivity index (χ3v) is 2.92. The number of carbonyl (C=O) groups excluding carboxylic acids is 1. The molecule has 0 amide bonds. The Bertz CT molecular complexity index is 585. The quantitative estimate of drug-likeness (QED) is 0.845. The monoisotopic (exact) mass is 271 g/mol. The lowest BCUT2D eigenvalue weighted by Crippen LogP contribution is -2.11. The van der Waals surface area contributed by atoms with E-state index in [4.69, 9.17) is 0 Å². The maximum Gasteiger partial charge on any atom is 0.341 e. The molecule has 5 nitrogen and oxygen atoms in total. The zero-order chi connectivity index (χ0) is 14.4. The molecule has 1 aromatic heterocycles. The van der Waals surface area contributed by atoms with Crippen molar-refractivity contribution in [3.05, 3.63) is 53.3 Å². The van der Waals surface area contributed by atoms with Gasteiger partial charge in [-0.05, 0) is 18.9 Å². The van der Waals surface area contributed by atoms with Crippen molar-refractivity contribution in [1.82, 2.24) is 9.97 Å². The fraction of sp³-hybridized carbons (Fsp3) is 0.267. The second-order valence-electron chi connectivity index (χ2n) is 4.35. The number of aryl methyl sites for hydroxylation is 1. The Hall–Kier alpha value is -2.43. The summed E-state index contributed by atoms with van der Waals surface area (Å²) in [5.41, 5.74) is 2.25. The molecule has 20 heavy (non-hydrogen) atoms. The molecular formula is C15H17N3O2. The minimum atomic E-state index is -0.418. The van der Waals surface area contributed by atoms with Crippen LogP contribution in [-0.2, 0) is 11.2 Å². The predicted molar refractivity (Wildman–Crippen MR) is 76.7 cm³/mol. The summed E-state index contributed by atoms with van der Waals surface area (Å²) < 4.78 is 4.66. The largest absolute Gasteiger partial charge is 0.465 e. The van der Waals surface area contributed by atoms with Crippen LogP contribution >= 0.6 is 0 Å². The zero-order valence-electron chi connectivity index (χ0n) is 11.6. The van der Waals surface area contributed by atoms with Gasteiger partial charge in [-0.2, -0.15) is 0 Å². The smallest absolute Gasteiger partial charge is 0.341 e. The number of nitrogens with zero attached hydrogens (tertiary/aromatic N) is 2. The Kier molecular flexibility index (Phi) is 4.65. The molecule has 0 aliphatic heterocycles. The lowest BCUT2D eigenvalue weighted by Gasteiger charge is -2.07. The number of hydrogen-bond acceptors (Lipinski definition) is 5. The van der Waals surface area contributed by atoms with E-state index >= 15 is 0 Å². The second-order valence-corrected chi connectivity index (χ2v) is 4.35. The van der Waals surface area contributed by atoms with Gasteiger partial charge >= 0.3 is 5.97 Å². The molecule has 104 valence electrons. The Labute approximate surface area is 118 Å². The van der Waals surface area contributed by atoms with E-state index < -0.39 is 5.97 Å². The molecule has 0 saturated carbocycles. The molecule has 0 saturated heterocycles. The standard InChI is InChI=1S/C15H17N3O2/c1-11-13(14(19)20-2)10-17-15(18-11)16-9-8-12-6-4-3-5-7-12/h3-7,10H,8-9H2,1-2H3,(H,16,17,18). The normalized spacial score (nSPS) is 10.1. The summed E-state index contributed by atoms with van der Waals surface area (Å²) in [5.74, 6) is 0.101. The minimum absolute atomic E-state index is 0.390. The van der Waals surface area contributed by atoms with Crippen molar-refractivity contribution in [2.24, 2.45) is 0 Å². The van der Waals surface area contributed by atoms with E-state index in [-0.39, 0.29) is 0 Å². The molecule has 0 atom stereocenters. The van der Waals surface area contributed by atoms with Crippen LogP contribution in [0.5, 0.6) is 0 Å². The van der Waals surface area contributed by atoms with Gasteiger partial charge in [-0.1, -0.05) is 30.3 Å². The van der Waals surface area contributed by atoms with Gasteiger partial charge in [0.15, 0.2) is 0 Å². The second kappa shape index (κ2) is 6.65. The molecule has 0 aliphatic rings. The van der Waals surface area contributed by atoms with Gasteiger partial charge in [0, 0.05) is 12.7 Å². The van der Waals surface area contributed by atoms with Crippen molar-refractivity contribution >= 4 is 11.9 Å². The number of nitrogens with one attached hydrogen (secondary N) is 1. The summed E-state index contributed by atoms with van der Waals surface area (Å²) in [4.78, 5) is 19.8. The van der Waals surface area contributed by atoms with Crippen LogP contribution in [0.25, 0.3) is 0 Å². The van der Waals surface area contributed by atoms with Crippen molar-refractivity contribution in [1.29, 1.82) is 0 Å². The van der Waals surface area contributed by atoms with E-state index in [2.05, 4.69) is 32.2 Å². The summed E-state index contributed by atoms with van der Waals surface area (Å²) in [5, 5.41) is 3.14. The third kappa shape index (κ3) is 3.54. The van der Waals surface area contributed by atoms with Gasteiger partial charge in [0.05, 0.1) is 18.4 Å². The lowest BCUT2D eigenvalue weighted by molar-refractivity contribution is 0.0599. The average molecular weight is 271 g/mol. The maximum absolute atomic E-state index is 11.4. The Balaban J connectivity index is 1.94. The highest BCUT2D eigenvalue weighted by Crippen LogP contribution is 2.08. The molecule has 2 rings (SSSR count). The Morgan fingerprint density at radius 1 is 1.30 bits per heavy atom. The molecule has 2 aromatic rings. The number of hydrogen-bond donors (Lipinski definition) is 1. The van der Waals surface area contributed by atoms with Gasteiger partial charge in [0.1, 0.15) is 0 Å². The molecule has 0 spiro atoms. The van der Waals surface area contributed by atoms with Gasteiger partial charge in [-0.3, -0.25) is 0 Å². The average Bonchev–Trinajstić information content (AvgIpc) is 2.48. The molecule has 0 aliphatic carbocycles. The van der Waals surface area contributed by atoms with Gasteiger partial charge in [0.2, 0.25) is 5.95 Å². The molecule has 5 heteroatoms. The lowest BCUT2D eigenvalue weighted by atomic mass is 10.1. The highest BCUT2D eigenvalue weighted by molar-refractivity contribution is 5.90. The van der Waals surface area contributed by atoms with E-state index in [1.807, 2.05) is 18.2 Å². The first kappa shape index (κ1) is 14.0. The van der Waals surface area contributed by atoms with Gasteiger partial charge < -0.3 is 10.1 Å². The van der Waals surface area contributed by atoms with Gasteiger partial charge in [-0.15, -0.1) is 0 Å². The van der Waals surface area contributed by atoms with Crippen LogP contribution in [0.1, 0.15) is 21.6 Å².